The summed E-state index contributed by atoms with van der Waals surface area (Å²) >= 11 is 2.06. The van der Waals surface area contributed by atoms with Gasteiger partial charge >= 0.3 is 5.97 Å². The molecule has 0 aromatic heterocycles. The van der Waals surface area contributed by atoms with Crippen LogP contribution in [0.15, 0.2) is 0 Å². The summed E-state index contributed by atoms with van der Waals surface area (Å²) in [6, 6.07) is -0.122. The molecular formula is C9H18INO3. The molecule has 14 heavy (non-hydrogen) atoms. The lowest BCUT2D eigenvalue weighted by molar-refractivity contribution is -0.149. The molecule has 0 bridgehead atoms. The fourth-order valence-electron chi connectivity index (χ4n) is 0.755. The van der Waals surface area contributed by atoms with Crippen LogP contribution in [0.2, 0.25) is 0 Å². The number of aliphatic hydroxyl groups is 1. The lowest BCUT2D eigenvalue weighted by Crippen LogP contribution is -2.33. The van der Waals surface area contributed by atoms with Crippen molar-refractivity contribution >= 4 is 28.8 Å². The Morgan fingerprint density at radius 2 is 2.21 bits per heavy atom. The molecule has 0 spiro atoms. The van der Waals surface area contributed by atoms with E-state index in [4.69, 9.17) is 9.84 Å². The summed E-state index contributed by atoms with van der Waals surface area (Å²) in [5.41, 5.74) is 0. The molecule has 0 rings (SSSR count). The third-order valence-corrected chi connectivity index (χ3v) is 2.93. The van der Waals surface area contributed by atoms with Gasteiger partial charge in [0.05, 0.1) is 18.6 Å². The van der Waals surface area contributed by atoms with Crippen LogP contribution in [0.5, 0.6) is 0 Å². The van der Waals surface area contributed by atoms with Crippen LogP contribution in [0.3, 0.4) is 0 Å². The average Bonchev–Trinajstić information content (AvgIpc) is 2.16. The van der Waals surface area contributed by atoms with Crippen LogP contribution >= 0.6 is 22.9 Å². The standard InChI is InChI=1S/C9H18INO3/c1-4-7(2)9(13)14-6-8(5-12)11(3)10/h7-8,12H,4-6H2,1-3H3. The highest BCUT2D eigenvalue weighted by Gasteiger charge is 2.17. The topological polar surface area (TPSA) is 49.8 Å². The number of rotatable bonds is 6. The summed E-state index contributed by atoms with van der Waals surface area (Å²) in [5.74, 6) is -0.252. The highest BCUT2D eigenvalue weighted by Crippen LogP contribution is 2.07. The molecule has 4 nitrogen and oxygen atoms in total. The molecule has 0 amide bonds. The lowest BCUT2D eigenvalue weighted by atomic mass is 10.1. The van der Waals surface area contributed by atoms with Crippen LogP contribution in [-0.2, 0) is 9.53 Å². The van der Waals surface area contributed by atoms with Gasteiger partial charge in [0.15, 0.2) is 0 Å². The lowest BCUT2D eigenvalue weighted by Gasteiger charge is -2.20. The summed E-state index contributed by atoms with van der Waals surface area (Å²) in [6.45, 7) is 4.02. The van der Waals surface area contributed by atoms with E-state index in [-0.39, 0.29) is 31.1 Å². The minimum atomic E-state index is -0.191. The molecule has 0 aromatic rings. The molecule has 0 aliphatic rings. The van der Waals surface area contributed by atoms with Gasteiger partial charge in [-0.25, -0.2) is 3.11 Å². The van der Waals surface area contributed by atoms with Gasteiger partial charge in [0, 0.05) is 22.9 Å². The number of hydrogen-bond donors (Lipinski definition) is 1. The molecule has 5 heteroatoms. The van der Waals surface area contributed by atoms with Crippen molar-refractivity contribution < 1.29 is 14.6 Å². The van der Waals surface area contributed by atoms with Crippen molar-refractivity contribution in [3.05, 3.63) is 0 Å². The predicted octanol–water partition coefficient (Wildman–Crippen LogP) is 1.22. The largest absolute Gasteiger partial charge is 0.464 e. The summed E-state index contributed by atoms with van der Waals surface area (Å²) in [5, 5.41) is 8.97. The van der Waals surface area contributed by atoms with Gasteiger partial charge in [0.25, 0.3) is 0 Å². The number of halogens is 1. The molecule has 0 aliphatic heterocycles. The fourth-order valence-corrected chi connectivity index (χ4v) is 1.09. The first kappa shape index (κ1) is 14.1. The van der Waals surface area contributed by atoms with Crippen LogP contribution in [0, 0.1) is 5.92 Å². The third-order valence-electron chi connectivity index (χ3n) is 2.15. The Balaban J connectivity index is 3.85. The zero-order valence-electron chi connectivity index (χ0n) is 8.86. The van der Waals surface area contributed by atoms with Crippen LogP contribution < -0.4 is 0 Å². The highest BCUT2D eigenvalue weighted by molar-refractivity contribution is 14.1. The van der Waals surface area contributed by atoms with E-state index >= 15 is 0 Å². The Morgan fingerprint density at radius 3 is 2.57 bits per heavy atom. The maximum absolute atomic E-state index is 11.3. The van der Waals surface area contributed by atoms with Gasteiger partial charge in [-0.1, -0.05) is 13.8 Å². The number of carbonyl (C=O) groups is 1. The summed E-state index contributed by atoms with van der Waals surface area (Å²) in [6.07, 6.45) is 0.780. The van der Waals surface area contributed by atoms with Crippen LogP contribution in [0.25, 0.3) is 0 Å². The maximum atomic E-state index is 11.3. The molecule has 0 aromatic carbocycles. The minimum absolute atomic E-state index is 0.00672. The SMILES string of the molecule is CCC(C)C(=O)OCC(CO)N(C)I. The van der Waals surface area contributed by atoms with Gasteiger partial charge in [-0.2, -0.15) is 0 Å². The van der Waals surface area contributed by atoms with Gasteiger partial charge < -0.3 is 9.84 Å². The van der Waals surface area contributed by atoms with Crippen LogP contribution in [0.4, 0.5) is 0 Å². The molecule has 1 N–H and O–H groups in total. The average molecular weight is 315 g/mol. The van der Waals surface area contributed by atoms with Crippen molar-refractivity contribution in [2.45, 2.75) is 26.3 Å². The highest BCUT2D eigenvalue weighted by atomic mass is 127. The Bertz CT molecular complexity index is 175. The van der Waals surface area contributed by atoms with E-state index in [9.17, 15) is 4.79 Å². The fraction of sp³-hybridized carbons (Fsp3) is 0.889. The number of aliphatic hydroxyl groups excluding tert-OH is 1. The molecule has 84 valence electrons. The van der Waals surface area contributed by atoms with Gasteiger partial charge in [-0.15, -0.1) is 0 Å². The molecule has 0 heterocycles. The smallest absolute Gasteiger partial charge is 0.308 e. The second kappa shape index (κ2) is 7.42. The molecule has 0 radical (unpaired) electrons. The van der Waals surface area contributed by atoms with E-state index < -0.39 is 0 Å². The molecule has 0 saturated carbocycles. The van der Waals surface area contributed by atoms with Gasteiger partial charge in [-0.3, -0.25) is 4.79 Å². The second-order valence-corrected chi connectivity index (χ2v) is 4.82. The predicted molar refractivity (Wildman–Crippen MR) is 63.1 cm³/mol. The number of carbonyl (C=O) groups excluding carboxylic acids is 1. The quantitative estimate of drug-likeness (QED) is 0.455. The molecular weight excluding hydrogens is 297 g/mol. The number of hydrogen-bond acceptors (Lipinski definition) is 4. The summed E-state index contributed by atoms with van der Waals surface area (Å²) in [7, 11) is 1.83. The molecule has 0 aliphatic carbocycles. The summed E-state index contributed by atoms with van der Waals surface area (Å²) < 4.78 is 6.87. The first-order valence-corrected chi connectivity index (χ1v) is 5.65. The monoisotopic (exact) mass is 315 g/mol. The number of esters is 1. The maximum Gasteiger partial charge on any atom is 0.308 e. The van der Waals surface area contributed by atoms with Crippen molar-refractivity contribution in [1.29, 1.82) is 0 Å². The Labute approximate surface area is 99.1 Å². The Kier molecular flexibility index (Phi) is 7.48. The first-order chi connectivity index (χ1) is 6.52. The van der Waals surface area contributed by atoms with Gasteiger partial charge in [0.1, 0.15) is 6.61 Å². The summed E-state index contributed by atoms with van der Waals surface area (Å²) in [4.78, 5) is 11.3. The van der Waals surface area contributed by atoms with Crippen molar-refractivity contribution in [3.8, 4) is 0 Å². The molecule has 0 saturated heterocycles. The minimum Gasteiger partial charge on any atom is -0.464 e. The van der Waals surface area contributed by atoms with Crippen molar-refractivity contribution in [3.63, 3.8) is 0 Å². The van der Waals surface area contributed by atoms with Crippen molar-refractivity contribution in [2.24, 2.45) is 5.92 Å². The number of ether oxygens (including phenoxy) is 1. The van der Waals surface area contributed by atoms with E-state index in [0.717, 1.165) is 6.42 Å². The van der Waals surface area contributed by atoms with Crippen molar-refractivity contribution in [1.82, 2.24) is 3.11 Å². The van der Waals surface area contributed by atoms with E-state index in [1.807, 2.05) is 24.0 Å². The molecule has 2 atom stereocenters. The van der Waals surface area contributed by atoms with Crippen molar-refractivity contribution in [2.75, 3.05) is 20.3 Å². The first-order valence-electron chi connectivity index (χ1n) is 4.69. The Morgan fingerprint density at radius 1 is 1.64 bits per heavy atom. The van der Waals surface area contributed by atoms with Gasteiger partial charge in [-0.05, 0) is 13.5 Å². The normalized spacial score (nSPS) is 15.3. The zero-order valence-corrected chi connectivity index (χ0v) is 11.0. The van der Waals surface area contributed by atoms with Crippen LogP contribution in [-0.4, -0.2) is 40.5 Å². The van der Waals surface area contributed by atoms with Gasteiger partial charge in [0.2, 0.25) is 0 Å². The molecule has 2 unspecified atom stereocenters. The third kappa shape index (κ3) is 5.11. The van der Waals surface area contributed by atoms with E-state index in [2.05, 4.69) is 22.9 Å². The zero-order chi connectivity index (χ0) is 11.1. The second-order valence-electron chi connectivity index (χ2n) is 3.30. The Hall–Kier alpha value is 0.120. The number of likely N-dealkylation sites (N-methyl/N-ethyl adjacent to an activating group) is 1. The van der Waals surface area contributed by atoms with E-state index in [1.54, 1.807) is 0 Å². The molecule has 0 fully saturated rings. The van der Waals surface area contributed by atoms with Crippen LogP contribution in [0.1, 0.15) is 20.3 Å². The van der Waals surface area contributed by atoms with E-state index in [0.29, 0.717) is 0 Å². The van der Waals surface area contributed by atoms with E-state index in [1.165, 1.54) is 0 Å². The number of nitrogens with zero attached hydrogens (tertiary/aromatic N) is 1.